The number of hydrogen-bond donors (Lipinski definition) is 4. The first-order chi connectivity index (χ1) is 8.83. The first-order valence-electron chi connectivity index (χ1n) is 6.32. The van der Waals surface area contributed by atoms with Gasteiger partial charge in [0.15, 0.2) is 0 Å². The molecule has 0 saturated carbocycles. The highest BCUT2D eigenvalue weighted by molar-refractivity contribution is 5.89. The van der Waals surface area contributed by atoms with Gasteiger partial charge in [-0.1, -0.05) is 13.8 Å². The van der Waals surface area contributed by atoms with E-state index in [9.17, 15) is 14.4 Å². The van der Waals surface area contributed by atoms with Crippen LogP contribution in [0.4, 0.5) is 0 Å². The lowest BCUT2D eigenvalue weighted by Crippen LogP contribution is -2.56. The molecule has 1 aliphatic heterocycles. The van der Waals surface area contributed by atoms with Gasteiger partial charge in [-0.25, -0.2) is 0 Å². The van der Waals surface area contributed by atoms with Crippen molar-refractivity contribution in [3.05, 3.63) is 0 Å². The Morgan fingerprint density at radius 2 is 1.95 bits per heavy atom. The first-order valence-corrected chi connectivity index (χ1v) is 6.32. The minimum Gasteiger partial charge on any atom is -0.480 e. The van der Waals surface area contributed by atoms with E-state index in [-0.39, 0.29) is 23.9 Å². The van der Waals surface area contributed by atoms with Gasteiger partial charge in [0.1, 0.15) is 6.54 Å². The average Bonchev–Trinajstić information content (AvgIpc) is 2.32. The number of carboxylic acids is 1. The van der Waals surface area contributed by atoms with Gasteiger partial charge in [0.05, 0.1) is 12.6 Å². The third kappa shape index (κ3) is 4.86. The van der Waals surface area contributed by atoms with Gasteiger partial charge in [-0.05, 0) is 24.8 Å². The van der Waals surface area contributed by atoms with Crippen molar-refractivity contribution in [2.45, 2.75) is 32.7 Å². The Morgan fingerprint density at radius 1 is 1.26 bits per heavy atom. The second-order valence-corrected chi connectivity index (χ2v) is 5.37. The number of rotatable bonds is 5. The Morgan fingerprint density at radius 3 is 2.53 bits per heavy atom. The number of amides is 2. The Hall–Kier alpha value is -1.63. The van der Waals surface area contributed by atoms with Crippen LogP contribution < -0.4 is 16.0 Å². The molecule has 19 heavy (non-hydrogen) atoms. The minimum atomic E-state index is -1.12. The highest BCUT2D eigenvalue weighted by Gasteiger charge is 2.36. The SMILES string of the molecule is CC1(C)CCCNC1C(=O)NCC(=O)NCC(=O)O. The summed E-state index contributed by atoms with van der Waals surface area (Å²) in [5.74, 6) is -1.85. The van der Waals surface area contributed by atoms with Crippen molar-refractivity contribution in [1.29, 1.82) is 0 Å². The van der Waals surface area contributed by atoms with E-state index in [2.05, 4.69) is 16.0 Å². The summed E-state index contributed by atoms with van der Waals surface area (Å²) in [6.07, 6.45) is 1.97. The molecule has 0 aliphatic carbocycles. The third-order valence-electron chi connectivity index (χ3n) is 3.25. The molecular weight excluding hydrogens is 250 g/mol. The predicted octanol–water partition coefficient (Wildman–Crippen LogP) is -0.918. The average molecular weight is 271 g/mol. The molecule has 0 aromatic rings. The van der Waals surface area contributed by atoms with Gasteiger partial charge in [0.25, 0.3) is 0 Å². The van der Waals surface area contributed by atoms with E-state index in [1.807, 2.05) is 13.8 Å². The van der Waals surface area contributed by atoms with Gasteiger partial charge in [0, 0.05) is 0 Å². The number of aliphatic carboxylic acids is 1. The number of carbonyl (C=O) groups is 3. The van der Waals surface area contributed by atoms with E-state index in [0.29, 0.717) is 0 Å². The Bertz CT molecular complexity index is 368. The lowest BCUT2D eigenvalue weighted by Gasteiger charge is -2.38. The molecule has 1 heterocycles. The number of carboxylic acid groups (broad SMARTS) is 1. The van der Waals surface area contributed by atoms with E-state index in [0.717, 1.165) is 19.4 Å². The summed E-state index contributed by atoms with van der Waals surface area (Å²) >= 11 is 0. The summed E-state index contributed by atoms with van der Waals surface area (Å²) in [4.78, 5) is 33.5. The zero-order chi connectivity index (χ0) is 14.5. The van der Waals surface area contributed by atoms with E-state index >= 15 is 0 Å². The topological polar surface area (TPSA) is 108 Å². The molecule has 1 aliphatic rings. The van der Waals surface area contributed by atoms with E-state index in [4.69, 9.17) is 5.11 Å². The van der Waals surface area contributed by atoms with E-state index < -0.39 is 18.4 Å². The molecule has 4 N–H and O–H groups in total. The molecule has 108 valence electrons. The molecule has 7 nitrogen and oxygen atoms in total. The molecule has 1 fully saturated rings. The molecule has 1 rings (SSSR count). The van der Waals surface area contributed by atoms with Gasteiger partial charge in [0.2, 0.25) is 11.8 Å². The van der Waals surface area contributed by atoms with Crippen LogP contribution in [0.1, 0.15) is 26.7 Å². The molecule has 0 spiro atoms. The van der Waals surface area contributed by atoms with E-state index in [1.165, 1.54) is 0 Å². The van der Waals surface area contributed by atoms with Gasteiger partial charge >= 0.3 is 5.97 Å². The molecule has 0 bridgehead atoms. The Balaban J connectivity index is 2.38. The Labute approximate surface area is 112 Å². The maximum atomic E-state index is 12.0. The van der Waals surface area contributed by atoms with Crippen molar-refractivity contribution >= 4 is 17.8 Å². The molecule has 0 aromatic carbocycles. The van der Waals surface area contributed by atoms with Crippen LogP contribution in [0, 0.1) is 5.41 Å². The molecular formula is C12H21N3O4. The molecule has 1 saturated heterocycles. The monoisotopic (exact) mass is 271 g/mol. The fourth-order valence-electron chi connectivity index (χ4n) is 2.16. The number of nitrogens with one attached hydrogen (secondary N) is 3. The molecule has 1 unspecified atom stereocenters. The quantitative estimate of drug-likeness (QED) is 0.517. The number of piperidine rings is 1. The van der Waals surface area contributed by atoms with Crippen LogP contribution in [-0.4, -0.2) is 48.6 Å². The third-order valence-corrected chi connectivity index (χ3v) is 3.25. The summed E-state index contributed by atoms with van der Waals surface area (Å²) in [5.41, 5.74) is -0.153. The summed E-state index contributed by atoms with van der Waals surface area (Å²) in [6.45, 7) is 4.15. The lowest BCUT2D eigenvalue weighted by atomic mass is 9.77. The fraction of sp³-hybridized carbons (Fsp3) is 0.750. The van der Waals surface area contributed by atoms with Crippen LogP contribution in [0.25, 0.3) is 0 Å². The molecule has 2 amide bonds. The van der Waals surface area contributed by atoms with Crippen LogP contribution in [0.2, 0.25) is 0 Å². The molecule has 7 heteroatoms. The Kier molecular flexibility index (Phi) is 5.29. The predicted molar refractivity (Wildman–Crippen MR) is 68.5 cm³/mol. The van der Waals surface area contributed by atoms with Crippen LogP contribution in [0.3, 0.4) is 0 Å². The van der Waals surface area contributed by atoms with Crippen molar-refractivity contribution in [2.24, 2.45) is 5.41 Å². The maximum Gasteiger partial charge on any atom is 0.322 e. The standard InChI is InChI=1S/C12H21N3O4/c1-12(2)4-3-5-13-10(12)11(19)15-6-8(16)14-7-9(17)18/h10,13H,3-7H2,1-2H3,(H,14,16)(H,15,19)(H,17,18). The molecule has 0 radical (unpaired) electrons. The zero-order valence-electron chi connectivity index (χ0n) is 11.3. The summed E-state index contributed by atoms with van der Waals surface area (Å²) in [7, 11) is 0. The van der Waals surface area contributed by atoms with Crippen molar-refractivity contribution in [1.82, 2.24) is 16.0 Å². The minimum absolute atomic E-state index is 0.153. The van der Waals surface area contributed by atoms with Crippen molar-refractivity contribution in [3.8, 4) is 0 Å². The normalized spacial score (nSPS) is 21.5. The second kappa shape index (κ2) is 6.51. The summed E-state index contributed by atoms with van der Waals surface area (Å²) in [5, 5.41) is 16.3. The number of hydrogen-bond acceptors (Lipinski definition) is 4. The molecule has 1 atom stereocenters. The summed E-state index contributed by atoms with van der Waals surface area (Å²) in [6, 6.07) is -0.325. The maximum absolute atomic E-state index is 12.0. The molecule has 0 aromatic heterocycles. The zero-order valence-corrected chi connectivity index (χ0v) is 11.3. The highest BCUT2D eigenvalue weighted by Crippen LogP contribution is 2.29. The van der Waals surface area contributed by atoms with Crippen LogP contribution in [-0.2, 0) is 14.4 Å². The van der Waals surface area contributed by atoms with Gasteiger partial charge in [-0.15, -0.1) is 0 Å². The van der Waals surface area contributed by atoms with E-state index in [1.54, 1.807) is 0 Å². The van der Waals surface area contributed by atoms with Gasteiger partial charge < -0.3 is 21.1 Å². The van der Waals surface area contributed by atoms with Crippen LogP contribution >= 0.6 is 0 Å². The fourth-order valence-corrected chi connectivity index (χ4v) is 2.16. The first kappa shape index (κ1) is 15.4. The van der Waals surface area contributed by atoms with Crippen molar-refractivity contribution in [3.63, 3.8) is 0 Å². The largest absolute Gasteiger partial charge is 0.480 e. The van der Waals surface area contributed by atoms with Gasteiger partial charge in [-0.3, -0.25) is 14.4 Å². The van der Waals surface area contributed by atoms with Crippen LogP contribution in [0.15, 0.2) is 0 Å². The lowest BCUT2D eigenvalue weighted by molar-refractivity contribution is -0.137. The van der Waals surface area contributed by atoms with Gasteiger partial charge in [-0.2, -0.15) is 0 Å². The highest BCUT2D eigenvalue weighted by atomic mass is 16.4. The van der Waals surface area contributed by atoms with Crippen LogP contribution in [0.5, 0.6) is 0 Å². The number of carbonyl (C=O) groups excluding carboxylic acids is 2. The second-order valence-electron chi connectivity index (χ2n) is 5.37. The smallest absolute Gasteiger partial charge is 0.322 e. The van der Waals surface area contributed by atoms with Crippen molar-refractivity contribution < 1.29 is 19.5 Å². The van der Waals surface area contributed by atoms with Crippen molar-refractivity contribution in [2.75, 3.05) is 19.6 Å². The summed E-state index contributed by atoms with van der Waals surface area (Å²) < 4.78 is 0.